The van der Waals surface area contributed by atoms with Crippen LogP contribution in [-0.4, -0.2) is 32.6 Å². The van der Waals surface area contributed by atoms with Gasteiger partial charge in [-0.15, -0.1) is 22.7 Å². The monoisotopic (exact) mass is 408 g/mol. The zero-order valence-corrected chi connectivity index (χ0v) is 17.3. The van der Waals surface area contributed by atoms with Gasteiger partial charge in [0.15, 0.2) is 0 Å². The van der Waals surface area contributed by atoms with Gasteiger partial charge in [0.2, 0.25) is 5.91 Å². The molecule has 0 aliphatic carbocycles. The van der Waals surface area contributed by atoms with Crippen LogP contribution in [0.5, 0.6) is 0 Å². The number of aryl methyl sites for hydroxylation is 1. The zero-order chi connectivity index (χ0) is 19.5. The van der Waals surface area contributed by atoms with Crippen molar-refractivity contribution in [1.82, 2.24) is 19.7 Å². The molecule has 0 spiro atoms. The summed E-state index contributed by atoms with van der Waals surface area (Å²) in [6.45, 7) is 2.45. The fraction of sp³-hybridized carbons (Fsp3) is 0.190. The molecule has 0 saturated carbocycles. The molecular formula is C21H20N4OS2. The molecule has 0 unspecified atom stereocenters. The summed E-state index contributed by atoms with van der Waals surface area (Å²) >= 11 is 3.22. The Bertz CT molecular complexity index is 1070. The molecule has 4 aromatic rings. The van der Waals surface area contributed by atoms with Gasteiger partial charge < -0.3 is 4.90 Å². The molecule has 142 valence electrons. The normalized spacial score (nSPS) is 10.9. The number of aromatic nitrogens is 3. The third-order valence-electron chi connectivity index (χ3n) is 4.40. The SMILES string of the molecule is Cc1nc(CC(=O)N(C)Cc2cn(-c3ccccc3)nc2-c2cccs2)cs1. The lowest BCUT2D eigenvalue weighted by atomic mass is 10.2. The molecule has 0 atom stereocenters. The number of rotatable bonds is 6. The number of hydrogen-bond acceptors (Lipinski definition) is 5. The highest BCUT2D eigenvalue weighted by atomic mass is 32.1. The maximum Gasteiger partial charge on any atom is 0.228 e. The molecule has 0 aliphatic rings. The lowest BCUT2D eigenvalue weighted by Crippen LogP contribution is -2.27. The van der Waals surface area contributed by atoms with E-state index < -0.39 is 0 Å². The van der Waals surface area contributed by atoms with Crippen LogP contribution >= 0.6 is 22.7 Å². The van der Waals surface area contributed by atoms with Crippen molar-refractivity contribution in [1.29, 1.82) is 0 Å². The van der Waals surface area contributed by atoms with E-state index in [1.54, 1.807) is 27.6 Å². The van der Waals surface area contributed by atoms with E-state index in [9.17, 15) is 4.79 Å². The summed E-state index contributed by atoms with van der Waals surface area (Å²) in [5.74, 6) is 0.0508. The topological polar surface area (TPSA) is 51.0 Å². The van der Waals surface area contributed by atoms with Crippen LogP contribution in [0, 0.1) is 6.92 Å². The van der Waals surface area contributed by atoms with E-state index in [0.29, 0.717) is 13.0 Å². The number of carbonyl (C=O) groups excluding carboxylic acids is 1. The Hall–Kier alpha value is -2.77. The van der Waals surface area contributed by atoms with Crippen LogP contribution in [0.1, 0.15) is 16.3 Å². The number of hydrogen-bond donors (Lipinski definition) is 0. The number of benzene rings is 1. The number of nitrogens with zero attached hydrogens (tertiary/aromatic N) is 4. The third kappa shape index (κ3) is 4.05. The number of amides is 1. The average molecular weight is 409 g/mol. The van der Waals surface area contributed by atoms with E-state index >= 15 is 0 Å². The molecule has 7 heteroatoms. The summed E-state index contributed by atoms with van der Waals surface area (Å²) in [6, 6.07) is 14.1. The Kier molecular flexibility index (Phi) is 5.36. The molecule has 0 radical (unpaired) electrons. The molecule has 0 bridgehead atoms. The van der Waals surface area contributed by atoms with Gasteiger partial charge in [0, 0.05) is 30.7 Å². The van der Waals surface area contributed by atoms with Gasteiger partial charge in [-0.1, -0.05) is 24.3 Å². The first-order valence-corrected chi connectivity index (χ1v) is 10.7. The Morgan fingerprint density at radius 3 is 2.64 bits per heavy atom. The van der Waals surface area contributed by atoms with Gasteiger partial charge in [0.25, 0.3) is 0 Å². The van der Waals surface area contributed by atoms with Crippen LogP contribution in [0.15, 0.2) is 59.4 Å². The predicted octanol–water partition coefficient (Wildman–Crippen LogP) is 4.57. The lowest BCUT2D eigenvalue weighted by Gasteiger charge is -2.16. The Balaban J connectivity index is 1.59. The second-order valence-corrected chi connectivity index (χ2v) is 8.55. The van der Waals surface area contributed by atoms with Crippen molar-refractivity contribution in [3.63, 3.8) is 0 Å². The van der Waals surface area contributed by atoms with Gasteiger partial charge in [0.05, 0.1) is 27.7 Å². The minimum Gasteiger partial charge on any atom is -0.341 e. The molecular weight excluding hydrogens is 388 g/mol. The van der Waals surface area contributed by atoms with Gasteiger partial charge in [0.1, 0.15) is 5.69 Å². The first kappa shape index (κ1) is 18.6. The van der Waals surface area contributed by atoms with Crippen molar-refractivity contribution in [3.8, 4) is 16.3 Å². The summed E-state index contributed by atoms with van der Waals surface area (Å²) in [6.07, 6.45) is 2.34. The van der Waals surface area contributed by atoms with Crippen molar-refractivity contribution in [2.24, 2.45) is 0 Å². The fourth-order valence-corrected chi connectivity index (χ4v) is 4.34. The van der Waals surface area contributed by atoms with Crippen LogP contribution in [0.4, 0.5) is 0 Å². The molecule has 0 N–H and O–H groups in total. The summed E-state index contributed by atoms with van der Waals surface area (Å²) in [7, 11) is 1.83. The van der Waals surface area contributed by atoms with E-state index in [2.05, 4.69) is 11.1 Å². The van der Waals surface area contributed by atoms with E-state index in [0.717, 1.165) is 32.5 Å². The van der Waals surface area contributed by atoms with Crippen LogP contribution in [0.2, 0.25) is 0 Å². The van der Waals surface area contributed by atoms with E-state index in [1.165, 1.54) is 0 Å². The van der Waals surface area contributed by atoms with Crippen LogP contribution in [0.3, 0.4) is 0 Å². The van der Waals surface area contributed by atoms with Crippen LogP contribution in [-0.2, 0) is 17.8 Å². The second kappa shape index (κ2) is 8.08. The number of para-hydroxylation sites is 1. The quantitative estimate of drug-likeness (QED) is 0.470. The Morgan fingerprint density at radius 1 is 1.14 bits per heavy atom. The number of thiophene rings is 1. The van der Waals surface area contributed by atoms with Crippen molar-refractivity contribution in [3.05, 3.63) is 75.7 Å². The third-order valence-corrected chi connectivity index (χ3v) is 6.10. The highest BCUT2D eigenvalue weighted by Gasteiger charge is 2.18. The molecule has 0 aliphatic heterocycles. The first-order valence-electron chi connectivity index (χ1n) is 8.93. The van der Waals surface area contributed by atoms with Gasteiger partial charge in [-0.3, -0.25) is 4.79 Å². The molecule has 4 rings (SSSR count). The Labute approximate surface area is 171 Å². The minimum absolute atomic E-state index is 0.0508. The first-order chi connectivity index (χ1) is 13.6. The number of carbonyl (C=O) groups is 1. The predicted molar refractivity (Wildman–Crippen MR) is 114 cm³/mol. The average Bonchev–Trinajstić information content (AvgIpc) is 3.43. The standard InChI is InChI=1S/C21H20N4OS2/c1-15-22-17(14-28-15)11-20(26)24(2)12-16-13-25(18-7-4-3-5-8-18)23-21(16)19-9-6-10-27-19/h3-10,13-14H,11-12H2,1-2H3. The van der Waals surface area contributed by atoms with Crippen molar-refractivity contribution >= 4 is 28.6 Å². The maximum atomic E-state index is 12.7. The molecule has 1 amide bonds. The second-order valence-electron chi connectivity index (χ2n) is 6.54. The van der Waals surface area contributed by atoms with Crippen LogP contribution < -0.4 is 0 Å². The largest absolute Gasteiger partial charge is 0.341 e. The van der Waals surface area contributed by atoms with E-state index in [-0.39, 0.29) is 5.91 Å². The van der Waals surface area contributed by atoms with E-state index in [1.807, 2.05) is 72.0 Å². The summed E-state index contributed by atoms with van der Waals surface area (Å²) in [4.78, 5) is 19.9. The summed E-state index contributed by atoms with van der Waals surface area (Å²) in [5.41, 5.74) is 3.77. The van der Waals surface area contributed by atoms with Gasteiger partial charge in [-0.2, -0.15) is 5.10 Å². The Morgan fingerprint density at radius 2 is 1.96 bits per heavy atom. The van der Waals surface area contributed by atoms with Gasteiger partial charge in [-0.05, 0) is 30.5 Å². The minimum atomic E-state index is 0.0508. The van der Waals surface area contributed by atoms with Crippen molar-refractivity contribution in [2.45, 2.75) is 19.9 Å². The van der Waals surface area contributed by atoms with E-state index in [4.69, 9.17) is 5.10 Å². The summed E-state index contributed by atoms with van der Waals surface area (Å²) < 4.78 is 1.88. The highest BCUT2D eigenvalue weighted by Crippen LogP contribution is 2.28. The molecule has 28 heavy (non-hydrogen) atoms. The maximum absolute atomic E-state index is 12.7. The smallest absolute Gasteiger partial charge is 0.228 e. The number of thiazole rings is 1. The molecule has 1 aromatic carbocycles. The molecule has 0 fully saturated rings. The van der Waals surface area contributed by atoms with Crippen LogP contribution in [0.25, 0.3) is 16.3 Å². The van der Waals surface area contributed by atoms with Gasteiger partial charge >= 0.3 is 0 Å². The van der Waals surface area contributed by atoms with Crippen molar-refractivity contribution in [2.75, 3.05) is 7.05 Å². The molecule has 5 nitrogen and oxygen atoms in total. The zero-order valence-electron chi connectivity index (χ0n) is 15.7. The van der Waals surface area contributed by atoms with Gasteiger partial charge in [-0.25, -0.2) is 9.67 Å². The molecule has 0 saturated heterocycles. The number of likely N-dealkylation sites (N-methyl/N-ethyl adjacent to an activating group) is 1. The fourth-order valence-electron chi connectivity index (χ4n) is 2.98. The highest BCUT2D eigenvalue weighted by molar-refractivity contribution is 7.13. The van der Waals surface area contributed by atoms with Crippen molar-refractivity contribution < 1.29 is 4.79 Å². The summed E-state index contributed by atoms with van der Waals surface area (Å²) in [5, 5.41) is 9.77. The lowest BCUT2D eigenvalue weighted by molar-refractivity contribution is -0.129. The molecule has 3 heterocycles. The molecule has 3 aromatic heterocycles.